The Morgan fingerprint density at radius 1 is 1.22 bits per heavy atom. The molecule has 3 rings (SSSR count). The molecule has 2 amide bonds. The van der Waals surface area contributed by atoms with Gasteiger partial charge in [-0.1, -0.05) is 25.1 Å². The number of aryl methyl sites for hydroxylation is 1. The van der Waals surface area contributed by atoms with Crippen molar-refractivity contribution < 1.29 is 18.4 Å². The predicted molar refractivity (Wildman–Crippen MR) is 98.8 cm³/mol. The van der Waals surface area contributed by atoms with Crippen LogP contribution in [-0.2, 0) is 16.0 Å². The van der Waals surface area contributed by atoms with Crippen molar-refractivity contribution in [3.05, 3.63) is 29.8 Å². The first-order valence-corrected chi connectivity index (χ1v) is 9.38. The van der Waals surface area contributed by atoms with Gasteiger partial charge >= 0.3 is 0 Å². The number of amides is 2. The number of alkyl halides is 2. The monoisotopic (exact) mass is 380 g/mol. The van der Waals surface area contributed by atoms with Gasteiger partial charge in [-0.05, 0) is 18.1 Å². The molecule has 2 aliphatic rings. The van der Waals surface area contributed by atoms with Gasteiger partial charge in [0.1, 0.15) is 0 Å². The molecule has 0 aromatic heterocycles. The van der Waals surface area contributed by atoms with Gasteiger partial charge in [0.15, 0.2) is 0 Å². The first-order valence-electron chi connectivity index (χ1n) is 9.38. The number of hydrogen-bond acceptors (Lipinski definition) is 4. The number of anilines is 1. The Hall–Kier alpha value is -2.06. The van der Waals surface area contributed by atoms with E-state index in [4.69, 9.17) is 0 Å². The Balaban J connectivity index is 1.45. The lowest BCUT2D eigenvalue weighted by Gasteiger charge is -2.35. The minimum Gasteiger partial charge on any atom is -0.339 e. The minimum atomic E-state index is -2.81. The van der Waals surface area contributed by atoms with Crippen LogP contribution >= 0.6 is 0 Å². The van der Waals surface area contributed by atoms with E-state index in [1.54, 1.807) is 4.90 Å². The highest BCUT2D eigenvalue weighted by atomic mass is 19.3. The second-order valence-corrected chi connectivity index (χ2v) is 7.15. The lowest BCUT2D eigenvalue weighted by molar-refractivity contribution is -0.135. The summed E-state index contributed by atoms with van der Waals surface area (Å²) in [6.07, 6.45) is 0.400. The molecule has 2 heterocycles. The largest absolute Gasteiger partial charge is 0.339 e. The quantitative estimate of drug-likeness (QED) is 0.809. The standard InChI is InChI=1S/C19H26F2N4O2/c1-2-14-5-3-4-6-15(14)23-17(26)12-24-7-9-25(10-8-24)18(27)16-11-19(20,21)13-22-16/h3-6,16,22H,2,7-13H2,1H3,(H,23,26). The molecule has 0 spiro atoms. The molecule has 2 N–H and O–H groups in total. The van der Waals surface area contributed by atoms with Crippen LogP contribution in [0, 0.1) is 0 Å². The van der Waals surface area contributed by atoms with E-state index in [0.717, 1.165) is 17.7 Å². The Morgan fingerprint density at radius 3 is 2.56 bits per heavy atom. The summed E-state index contributed by atoms with van der Waals surface area (Å²) in [5.41, 5.74) is 1.91. The molecule has 1 aromatic carbocycles. The molecule has 1 aromatic rings. The SMILES string of the molecule is CCc1ccccc1NC(=O)CN1CCN(C(=O)C2CC(F)(F)CN2)CC1. The van der Waals surface area contributed by atoms with Crippen molar-refractivity contribution in [2.75, 3.05) is 44.6 Å². The Kier molecular flexibility index (Phi) is 6.06. The van der Waals surface area contributed by atoms with E-state index in [2.05, 4.69) is 10.6 Å². The summed E-state index contributed by atoms with van der Waals surface area (Å²) in [4.78, 5) is 28.3. The average Bonchev–Trinajstić information content (AvgIpc) is 3.02. The molecular formula is C19H26F2N4O2. The van der Waals surface area contributed by atoms with Crippen molar-refractivity contribution in [1.82, 2.24) is 15.1 Å². The van der Waals surface area contributed by atoms with Crippen LogP contribution in [0.2, 0.25) is 0 Å². The number of piperazine rings is 1. The fourth-order valence-electron chi connectivity index (χ4n) is 3.58. The van der Waals surface area contributed by atoms with Crippen LogP contribution < -0.4 is 10.6 Å². The first-order chi connectivity index (χ1) is 12.9. The molecule has 2 aliphatic heterocycles. The van der Waals surface area contributed by atoms with Gasteiger partial charge in [-0.3, -0.25) is 19.8 Å². The molecule has 8 heteroatoms. The van der Waals surface area contributed by atoms with Crippen molar-refractivity contribution in [2.45, 2.75) is 31.7 Å². The number of nitrogens with one attached hydrogen (secondary N) is 2. The molecule has 1 unspecified atom stereocenters. The molecule has 0 bridgehead atoms. The number of nitrogens with zero attached hydrogens (tertiary/aromatic N) is 2. The molecule has 6 nitrogen and oxygen atoms in total. The number of halogens is 2. The second kappa shape index (κ2) is 8.31. The highest BCUT2D eigenvalue weighted by Crippen LogP contribution is 2.26. The van der Waals surface area contributed by atoms with Gasteiger partial charge in [0.2, 0.25) is 11.8 Å². The number of para-hydroxylation sites is 1. The van der Waals surface area contributed by atoms with Crippen molar-refractivity contribution in [3.63, 3.8) is 0 Å². The molecule has 0 radical (unpaired) electrons. The molecule has 148 valence electrons. The van der Waals surface area contributed by atoms with Gasteiger partial charge in [-0.15, -0.1) is 0 Å². The average molecular weight is 380 g/mol. The summed E-state index contributed by atoms with van der Waals surface area (Å²) in [5.74, 6) is -3.17. The fourth-order valence-corrected chi connectivity index (χ4v) is 3.58. The van der Waals surface area contributed by atoms with Crippen LogP contribution in [0.25, 0.3) is 0 Å². The van der Waals surface area contributed by atoms with Crippen molar-refractivity contribution in [2.24, 2.45) is 0 Å². The zero-order valence-electron chi connectivity index (χ0n) is 15.5. The highest BCUT2D eigenvalue weighted by molar-refractivity contribution is 5.93. The van der Waals surface area contributed by atoms with Crippen LogP contribution in [0.3, 0.4) is 0 Å². The van der Waals surface area contributed by atoms with Gasteiger partial charge < -0.3 is 10.2 Å². The Morgan fingerprint density at radius 2 is 1.93 bits per heavy atom. The lowest BCUT2D eigenvalue weighted by Crippen LogP contribution is -2.54. The summed E-state index contributed by atoms with van der Waals surface area (Å²) in [5, 5.41) is 5.55. The number of carbonyl (C=O) groups excluding carboxylic acids is 2. The topological polar surface area (TPSA) is 64.7 Å². The molecular weight excluding hydrogens is 354 g/mol. The van der Waals surface area contributed by atoms with Crippen LogP contribution in [0.5, 0.6) is 0 Å². The third kappa shape index (κ3) is 5.01. The van der Waals surface area contributed by atoms with E-state index in [1.807, 2.05) is 36.1 Å². The van der Waals surface area contributed by atoms with Gasteiger partial charge in [0, 0.05) is 38.3 Å². The molecule has 0 saturated carbocycles. The van der Waals surface area contributed by atoms with E-state index in [1.165, 1.54) is 0 Å². The maximum Gasteiger partial charge on any atom is 0.262 e. The van der Waals surface area contributed by atoms with Gasteiger partial charge in [0.25, 0.3) is 5.92 Å². The van der Waals surface area contributed by atoms with Crippen molar-refractivity contribution >= 4 is 17.5 Å². The molecule has 27 heavy (non-hydrogen) atoms. The summed E-state index contributed by atoms with van der Waals surface area (Å²) in [6, 6.07) is 6.90. The maximum absolute atomic E-state index is 13.3. The third-order valence-corrected chi connectivity index (χ3v) is 5.13. The smallest absolute Gasteiger partial charge is 0.262 e. The van der Waals surface area contributed by atoms with Gasteiger partial charge in [-0.2, -0.15) is 0 Å². The zero-order valence-corrected chi connectivity index (χ0v) is 15.5. The van der Waals surface area contributed by atoms with Crippen molar-refractivity contribution in [1.29, 1.82) is 0 Å². The van der Waals surface area contributed by atoms with Crippen molar-refractivity contribution in [3.8, 4) is 0 Å². The summed E-state index contributed by atoms with van der Waals surface area (Å²) in [7, 11) is 0. The molecule has 2 fully saturated rings. The van der Waals surface area contributed by atoms with Gasteiger partial charge in [0.05, 0.1) is 19.1 Å². The summed E-state index contributed by atoms with van der Waals surface area (Å²) < 4.78 is 26.5. The van der Waals surface area contributed by atoms with Crippen LogP contribution in [0.15, 0.2) is 24.3 Å². The second-order valence-electron chi connectivity index (χ2n) is 7.15. The summed E-state index contributed by atoms with van der Waals surface area (Å²) >= 11 is 0. The fraction of sp³-hybridized carbons (Fsp3) is 0.579. The maximum atomic E-state index is 13.3. The van der Waals surface area contributed by atoms with Crippen LogP contribution in [0.1, 0.15) is 18.9 Å². The number of rotatable bonds is 5. The number of hydrogen-bond donors (Lipinski definition) is 2. The first kappa shape index (κ1) is 19.7. The third-order valence-electron chi connectivity index (χ3n) is 5.13. The number of benzene rings is 1. The van der Waals surface area contributed by atoms with E-state index >= 15 is 0 Å². The number of carbonyl (C=O) groups is 2. The Bertz CT molecular complexity index is 690. The van der Waals surface area contributed by atoms with E-state index < -0.39 is 24.9 Å². The molecule has 1 atom stereocenters. The lowest BCUT2D eigenvalue weighted by atomic mass is 10.1. The minimum absolute atomic E-state index is 0.0900. The summed E-state index contributed by atoms with van der Waals surface area (Å²) in [6.45, 7) is 3.84. The zero-order chi connectivity index (χ0) is 19.4. The van der Waals surface area contributed by atoms with E-state index in [0.29, 0.717) is 26.2 Å². The van der Waals surface area contributed by atoms with Gasteiger partial charge in [-0.25, -0.2) is 8.78 Å². The van der Waals surface area contributed by atoms with E-state index in [-0.39, 0.29) is 18.4 Å². The predicted octanol–water partition coefficient (Wildman–Crippen LogP) is 1.33. The Labute approximate surface area is 157 Å². The normalized spacial score (nSPS) is 22.6. The molecule has 2 saturated heterocycles. The van der Waals surface area contributed by atoms with Crippen LogP contribution in [-0.4, -0.2) is 72.8 Å². The van der Waals surface area contributed by atoms with E-state index in [9.17, 15) is 18.4 Å². The molecule has 0 aliphatic carbocycles. The highest BCUT2D eigenvalue weighted by Gasteiger charge is 2.43. The van der Waals surface area contributed by atoms with Crippen LogP contribution in [0.4, 0.5) is 14.5 Å².